The number of halogens is 1. The lowest BCUT2D eigenvalue weighted by Gasteiger charge is -2.29. The molecule has 7 heteroatoms. The van der Waals surface area contributed by atoms with Gasteiger partial charge in [0.25, 0.3) is 0 Å². The van der Waals surface area contributed by atoms with E-state index < -0.39 is 0 Å². The van der Waals surface area contributed by atoms with Gasteiger partial charge in [-0.05, 0) is 55.3 Å². The highest BCUT2D eigenvalue weighted by molar-refractivity contribution is 6.31. The van der Waals surface area contributed by atoms with Crippen LogP contribution in [0.3, 0.4) is 0 Å². The van der Waals surface area contributed by atoms with E-state index in [1.165, 1.54) is 0 Å². The van der Waals surface area contributed by atoms with Crippen molar-refractivity contribution < 1.29 is 18.7 Å². The molecule has 2 aromatic carbocycles. The van der Waals surface area contributed by atoms with Crippen LogP contribution in [0.2, 0.25) is 5.02 Å². The normalized spacial score (nSPS) is 15.1. The summed E-state index contributed by atoms with van der Waals surface area (Å²) in [6.45, 7) is 1.31. The van der Waals surface area contributed by atoms with Gasteiger partial charge in [0.1, 0.15) is 17.0 Å². The molecule has 6 nitrogen and oxygen atoms in total. The maximum atomic E-state index is 12.7. The van der Waals surface area contributed by atoms with Crippen molar-refractivity contribution in [3.05, 3.63) is 59.0 Å². The molecule has 1 aromatic heterocycles. The molecular formula is C23H23ClN2O4. The largest absolute Gasteiger partial charge is 0.497 e. The van der Waals surface area contributed by atoms with Crippen molar-refractivity contribution in [3.63, 3.8) is 0 Å². The fourth-order valence-electron chi connectivity index (χ4n) is 3.68. The smallest absolute Gasteiger partial charge is 0.246 e. The minimum atomic E-state index is -0.0253. The van der Waals surface area contributed by atoms with Crippen LogP contribution in [0.4, 0.5) is 0 Å². The summed E-state index contributed by atoms with van der Waals surface area (Å²) in [6, 6.07) is 10.9. The first-order valence-electron chi connectivity index (χ1n) is 9.82. The number of carbonyl (C=O) groups excluding carboxylic acids is 1. The van der Waals surface area contributed by atoms with Crippen molar-refractivity contribution in [2.24, 2.45) is 0 Å². The molecule has 1 aliphatic rings. The predicted molar refractivity (Wildman–Crippen MR) is 116 cm³/mol. The quantitative estimate of drug-likeness (QED) is 0.542. The molecule has 4 rings (SSSR count). The van der Waals surface area contributed by atoms with E-state index in [4.69, 9.17) is 25.5 Å². The Hall–Kier alpha value is -2.99. The van der Waals surface area contributed by atoms with Crippen LogP contribution < -0.4 is 9.47 Å². The number of hydrogen-bond acceptors (Lipinski definition) is 5. The molecule has 3 aromatic rings. The molecule has 0 bridgehead atoms. The number of aromatic nitrogens is 1. The summed E-state index contributed by atoms with van der Waals surface area (Å²) in [4.78, 5) is 19.1. The number of ether oxygens (including phenoxy) is 2. The third-order valence-corrected chi connectivity index (χ3v) is 5.60. The Bertz CT molecular complexity index is 1080. The van der Waals surface area contributed by atoms with Crippen LogP contribution in [0.5, 0.6) is 11.5 Å². The van der Waals surface area contributed by atoms with Crippen LogP contribution in [0.25, 0.3) is 17.2 Å². The van der Waals surface area contributed by atoms with Gasteiger partial charge in [0.15, 0.2) is 11.5 Å². The maximum absolute atomic E-state index is 12.7. The van der Waals surface area contributed by atoms with Gasteiger partial charge in [-0.2, -0.15) is 0 Å². The number of likely N-dealkylation sites (tertiary alicyclic amines) is 1. The Balaban J connectivity index is 1.40. The summed E-state index contributed by atoms with van der Waals surface area (Å²) >= 11 is 6.03. The van der Waals surface area contributed by atoms with E-state index >= 15 is 0 Å². The van der Waals surface area contributed by atoms with Crippen molar-refractivity contribution >= 4 is 34.7 Å². The van der Waals surface area contributed by atoms with Gasteiger partial charge < -0.3 is 18.8 Å². The summed E-state index contributed by atoms with van der Waals surface area (Å²) in [7, 11) is 3.21. The van der Waals surface area contributed by atoms with Gasteiger partial charge in [0.05, 0.1) is 14.2 Å². The van der Waals surface area contributed by atoms with Gasteiger partial charge in [-0.15, -0.1) is 0 Å². The van der Waals surface area contributed by atoms with Crippen molar-refractivity contribution in [2.45, 2.75) is 18.8 Å². The van der Waals surface area contributed by atoms with Crippen molar-refractivity contribution in [1.29, 1.82) is 0 Å². The fourth-order valence-corrected chi connectivity index (χ4v) is 3.84. The third-order valence-electron chi connectivity index (χ3n) is 5.36. The van der Waals surface area contributed by atoms with Gasteiger partial charge >= 0.3 is 0 Å². The predicted octanol–water partition coefficient (Wildman–Crippen LogP) is 4.92. The number of benzene rings is 2. The topological polar surface area (TPSA) is 64.8 Å². The summed E-state index contributed by atoms with van der Waals surface area (Å²) in [5.41, 5.74) is 2.31. The molecule has 1 aliphatic heterocycles. The highest BCUT2D eigenvalue weighted by Gasteiger charge is 2.26. The standard InChI is InChI=1S/C23H23ClN2O4/c1-28-18-5-7-20(29-2)16(13-18)3-8-22(27)26-11-9-15(10-12-26)23-25-19-14-17(24)4-6-21(19)30-23/h3-8,13-15H,9-12H2,1-2H3/b8-3+. The van der Waals surface area contributed by atoms with Crippen molar-refractivity contribution in [3.8, 4) is 11.5 Å². The summed E-state index contributed by atoms with van der Waals surface area (Å²) in [5, 5.41) is 0.641. The Morgan fingerprint density at radius 3 is 2.70 bits per heavy atom. The minimum absolute atomic E-state index is 0.0253. The lowest BCUT2D eigenvalue weighted by Crippen LogP contribution is -2.36. The number of piperidine rings is 1. The number of nitrogens with zero attached hydrogens (tertiary/aromatic N) is 2. The Morgan fingerprint density at radius 2 is 1.97 bits per heavy atom. The molecule has 30 heavy (non-hydrogen) atoms. The number of fused-ring (bicyclic) bond motifs is 1. The molecule has 0 N–H and O–H groups in total. The van der Waals surface area contributed by atoms with Crippen molar-refractivity contribution in [1.82, 2.24) is 9.88 Å². The van der Waals surface area contributed by atoms with Gasteiger partial charge in [-0.25, -0.2) is 4.98 Å². The van der Waals surface area contributed by atoms with Crippen LogP contribution in [-0.2, 0) is 4.79 Å². The number of amides is 1. The second-order valence-electron chi connectivity index (χ2n) is 7.20. The maximum Gasteiger partial charge on any atom is 0.246 e. The highest BCUT2D eigenvalue weighted by Crippen LogP contribution is 2.31. The number of oxazole rings is 1. The SMILES string of the molecule is COc1ccc(OC)c(/C=C/C(=O)N2CCC(c3nc4cc(Cl)ccc4o3)CC2)c1. The van der Waals surface area contributed by atoms with E-state index in [9.17, 15) is 4.79 Å². The molecule has 0 saturated carbocycles. The Morgan fingerprint density at radius 1 is 1.17 bits per heavy atom. The van der Waals surface area contributed by atoms with E-state index in [1.807, 2.05) is 29.2 Å². The van der Waals surface area contributed by atoms with E-state index in [0.717, 1.165) is 35.4 Å². The van der Waals surface area contributed by atoms with Crippen LogP contribution in [0.1, 0.15) is 30.2 Å². The lowest BCUT2D eigenvalue weighted by molar-refractivity contribution is -0.127. The first kappa shape index (κ1) is 20.3. The Labute approximate surface area is 180 Å². The molecule has 0 unspecified atom stereocenters. The molecule has 1 fully saturated rings. The second-order valence-corrected chi connectivity index (χ2v) is 7.64. The summed E-state index contributed by atoms with van der Waals surface area (Å²) in [5.74, 6) is 2.29. The molecular weight excluding hydrogens is 404 g/mol. The number of carbonyl (C=O) groups is 1. The third kappa shape index (κ3) is 4.28. The van der Waals surface area contributed by atoms with Crippen LogP contribution >= 0.6 is 11.6 Å². The van der Waals surface area contributed by atoms with Crippen LogP contribution in [-0.4, -0.2) is 43.1 Å². The number of methoxy groups -OCH3 is 2. The molecule has 0 atom stereocenters. The van der Waals surface area contributed by atoms with E-state index in [-0.39, 0.29) is 11.8 Å². The molecule has 1 saturated heterocycles. The second kappa shape index (κ2) is 8.79. The zero-order valence-corrected chi connectivity index (χ0v) is 17.7. The first-order valence-corrected chi connectivity index (χ1v) is 10.2. The monoisotopic (exact) mass is 426 g/mol. The van der Waals surface area contributed by atoms with Crippen LogP contribution in [0, 0.1) is 0 Å². The average Bonchev–Trinajstić information content (AvgIpc) is 3.20. The lowest BCUT2D eigenvalue weighted by atomic mass is 9.96. The number of hydrogen-bond donors (Lipinski definition) is 0. The summed E-state index contributed by atoms with van der Waals surface area (Å²) in [6.07, 6.45) is 4.96. The number of rotatable bonds is 5. The molecule has 1 amide bonds. The molecule has 0 aliphatic carbocycles. The zero-order valence-electron chi connectivity index (χ0n) is 16.9. The molecule has 0 spiro atoms. The minimum Gasteiger partial charge on any atom is -0.497 e. The molecule has 156 valence electrons. The van der Waals surface area contributed by atoms with E-state index in [1.54, 1.807) is 38.5 Å². The van der Waals surface area contributed by atoms with Crippen molar-refractivity contribution in [2.75, 3.05) is 27.3 Å². The van der Waals surface area contributed by atoms with E-state index in [0.29, 0.717) is 29.6 Å². The Kier molecular flexibility index (Phi) is 5.95. The molecule has 0 radical (unpaired) electrons. The fraction of sp³-hybridized carbons (Fsp3) is 0.304. The molecule has 2 heterocycles. The zero-order chi connectivity index (χ0) is 21.1. The van der Waals surface area contributed by atoms with Gasteiger partial charge in [0.2, 0.25) is 5.91 Å². The summed E-state index contributed by atoms with van der Waals surface area (Å²) < 4.78 is 16.5. The highest BCUT2D eigenvalue weighted by atomic mass is 35.5. The first-order chi connectivity index (χ1) is 14.6. The van der Waals surface area contributed by atoms with Gasteiger partial charge in [-0.1, -0.05) is 11.6 Å². The van der Waals surface area contributed by atoms with Gasteiger partial charge in [-0.3, -0.25) is 4.79 Å². The van der Waals surface area contributed by atoms with E-state index in [2.05, 4.69) is 4.98 Å². The van der Waals surface area contributed by atoms with Gasteiger partial charge in [0, 0.05) is 35.7 Å². The average molecular weight is 427 g/mol. The van der Waals surface area contributed by atoms with Crippen LogP contribution in [0.15, 0.2) is 46.9 Å².